The van der Waals surface area contributed by atoms with Gasteiger partial charge in [0, 0.05) is 13.1 Å². The fourth-order valence-electron chi connectivity index (χ4n) is 1.62. The molecule has 1 aliphatic heterocycles. The number of rotatable bonds is 2. The Morgan fingerprint density at radius 3 is 3.00 bits per heavy atom. The average Bonchev–Trinajstić information content (AvgIpc) is 2.17. The second kappa shape index (κ2) is 4.79. The molecular weight excluding hydrogens is 180 g/mol. The Labute approximate surface area is 84.0 Å². The van der Waals surface area contributed by atoms with Crippen LogP contribution in [0.5, 0.6) is 0 Å². The predicted octanol–water partition coefficient (Wildman–Crippen LogP) is 0.299. The third-order valence-corrected chi connectivity index (χ3v) is 2.31. The average molecular weight is 196 g/mol. The third kappa shape index (κ3) is 2.13. The van der Waals surface area contributed by atoms with Crippen molar-refractivity contribution in [1.29, 1.82) is 0 Å². The smallest absolute Gasteiger partial charge is 0.246 e. The van der Waals surface area contributed by atoms with E-state index in [4.69, 9.17) is 0 Å². The highest BCUT2D eigenvalue weighted by Crippen LogP contribution is 2.08. The van der Waals surface area contributed by atoms with Gasteiger partial charge in [0.1, 0.15) is 6.04 Å². The van der Waals surface area contributed by atoms with Crippen molar-refractivity contribution in [2.24, 2.45) is 0 Å². The van der Waals surface area contributed by atoms with Crippen molar-refractivity contribution in [2.75, 3.05) is 13.1 Å². The lowest BCUT2D eigenvalue weighted by Gasteiger charge is -2.33. The predicted molar refractivity (Wildman–Crippen MR) is 53.6 cm³/mol. The van der Waals surface area contributed by atoms with E-state index in [0.29, 0.717) is 19.5 Å². The summed E-state index contributed by atoms with van der Waals surface area (Å²) in [6, 6.07) is -0.299. The van der Waals surface area contributed by atoms with Crippen molar-refractivity contribution < 1.29 is 9.59 Å². The van der Waals surface area contributed by atoms with Crippen LogP contribution in [0, 0.1) is 0 Å². The minimum atomic E-state index is -0.299. The Kier molecular flexibility index (Phi) is 3.68. The van der Waals surface area contributed by atoms with Crippen LogP contribution < -0.4 is 5.32 Å². The van der Waals surface area contributed by atoms with E-state index in [1.165, 1.54) is 6.08 Å². The van der Waals surface area contributed by atoms with Gasteiger partial charge in [-0.1, -0.05) is 13.0 Å². The Morgan fingerprint density at radius 1 is 1.71 bits per heavy atom. The van der Waals surface area contributed by atoms with Gasteiger partial charge in [-0.3, -0.25) is 9.59 Å². The maximum Gasteiger partial charge on any atom is 0.246 e. The molecule has 4 nitrogen and oxygen atoms in total. The number of carbonyl (C=O) groups excluding carboxylic acids is 2. The van der Waals surface area contributed by atoms with E-state index in [0.717, 1.165) is 0 Å². The minimum Gasteiger partial charge on any atom is -0.353 e. The van der Waals surface area contributed by atoms with Crippen LogP contribution in [0.15, 0.2) is 12.2 Å². The lowest BCUT2D eigenvalue weighted by Crippen LogP contribution is -2.56. The van der Waals surface area contributed by atoms with Gasteiger partial charge in [-0.15, -0.1) is 0 Å². The Hall–Kier alpha value is -1.32. The summed E-state index contributed by atoms with van der Waals surface area (Å²) in [6.07, 6.45) is 3.86. The summed E-state index contributed by atoms with van der Waals surface area (Å²) in [5.41, 5.74) is 0. The molecule has 0 aliphatic carbocycles. The molecule has 0 saturated carbocycles. The summed E-state index contributed by atoms with van der Waals surface area (Å²) < 4.78 is 0. The molecule has 0 radical (unpaired) electrons. The highest BCUT2D eigenvalue weighted by molar-refractivity contribution is 5.93. The van der Waals surface area contributed by atoms with E-state index in [2.05, 4.69) is 5.32 Å². The summed E-state index contributed by atoms with van der Waals surface area (Å²) in [4.78, 5) is 24.6. The van der Waals surface area contributed by atoms with Crippen molar-refractivity contribution in [3.8, 4) is 0 Å². The molecule has 1 heterocycles. The Bertz CT molecular complexity index is 261. The van der Waals surface area contributed by atoms with Gasteiger partial charge in [0.2, 0.25) is 11.8 Å². The molecule has 14 heavy (non-hydrogen) atoms. The van der Waals surface area contributed by atoms with Gasteiger partial charge in [0.05, 0.1) is 0 Å². The summed E-state index contributed by atoms with van der Waals surface area (Å²) in [5.74, 6) is -0.120. The van der Waals surface area contributed by atoms with Crippen LogP contribution in [-0.2, 0) is 9.59 Å². The first-order chi connectivity index (χ1) is 6.70. The zero-order valence-corrected chi connectivity index (χ0v) is 8.62. The first kappa shape index (κ1) is 10.8. The Balaban J connectivity index is 2.74. The maximum absolute atomic E-state index is 11.6. The molecule has 0 spiro atoms. The zero-order valence-electron chi connectivity index (χ0n) is 8.62. The molecule has 1 rings (SSSR count). The molecule has 1 unspecified atom stereocenters. The van der Waals surface area contributed by atoms with Crippen LogP contribution >= 0.6 is 0 Å². The van der Waals surface area contributed by atoms with Gasteiger partial charge in [-0.2, -0.15) is 0 Å². The van der Waals surface area contributed by atoms with E-state index >= 15 is 0 Å². The number of nitrogens with one attached hydrogen (secondary N) is 1. The van der Waals surface area contributed by atoms with Gasteiger partial charge in [0.15, 0.2) is 0 Å². The van der Waals surface area contributed by atoms with Crippen LogP contribution in [0.2, 0.25) is 0 Å². The molecule has 78 valence electrons. The SMILES string of the molecule is CC=CC(=O)N1CCNC(=O)C1CC. The van der Waals surface area contributed by atoms with Crippen LogP contribution in [0.4, 0.5) is 0 Å². The molecule has 0 bridgehead atoms. The first-order valence-electron chi connectivity index (χ1n) is 4.91. The monoisotopic (exact) mass is 196 g/mol. The van der Waals surface area contributed by atoms with E-state index in [1.54, 1.807) is 17.9 Å². The van der Waals surface area contributed by atoms with Gasteiger partial charge in [-0.25, -0.2) is 0 Å². The molecule has 0 aromatic rings. The second-order valence-corrected chi connectivity index (χ2v) is 3.25. The molecule has 0 aromatic carbocycles. The number of nitrogens with zero attached hydrogens (tertiary/aromatic N) is 1. The van der Waals surface area contributed by atoms with Crippen molar-refractivity contribution >= 4 is 11.8 Å². The standard InChI is InChI=1S/C10H16N2O2/c1-3-5-9(13)12-7-6-11-10(14)8(12)4-2/h3,5,8H,4,6-7H2,1-2H3,(H,11,14). The molecular formula is C10H16N2O2. The Morgan fingerprint density at radius 2 is 2.43 bits per heavy atom. The van der Waals surface area contributed by atoms with Crippen molar-refractivity contribution in [3.63, 3.8) is 0 Å². The normalized spacial score (nSPS) is 22.6. The fraction of sp³-hybridized carbons (Fsp3) is 0.600. The van der Waals surface area contributed by atoms with Gasteiger partial charge < -0.3 is 10.2 Å². The maximum atomic E-state index is 11.6. The highest BCUT2D eigenvalue weighted by Gasteiger charge is 2.30. The number of hydrogen-bond donors (Lipinski definition) is 1. The highest BCUT2D eigenvalue weighted by atomic mass is 16.2. The quantitative estimate of drug-likeness (QED) is 0.646. The van der Waals surface area contributed by atoms with Crippen molar-refractivity contribution in [3.05, 3.63) is 12.2 Å². The van der Waals surface area contributed by atoms with Crippen LogP contribution in [0.1, 0.15) is 20.3 Å². The first-order valence-corrected chi connectivity index (χ1v) is 4.91. The summed E-state index contributed by atoms with van der Waals surface area (Å²) in [5, 5.41) is 2.75. The minimum absolute atomic E-state index is 0.0448. The number of piperazine rings is 1. The molecule has 1 N–H and O–H groups in total. The van der Waals surface area contributed by atoms with E-state index in [-0.39, 0.29) is 17.9 Å². The number of carbonyl (C=O) groups is 2. The molecule has 4 heteroatoms. The number of amides is 2. The lowest BCUT2D eigenvalue weighted by molar-refractivity contribution is -0.140. The molecule has 0 aromatic heterocycles. The molecule has 2 amide bonds. The number of hydrogen-bond acceptors (Lipinski definition) is 2. The van der Waals surface area contributed by atoms with Gasteiger partial charge in [0.25, 0.3) is 0 Å². The largest absolute Gasteiger partial charge is 0.353 e. The van der Waals surface area contributed by atoms with Gasteiger partial charge in [-0.05, 0) is 19.4 Å². The molecule has 1 saturated heterocycles. The molecule has 1 atom stereocenters. The second-order valence-electron chi connectivity index (χ2n) is 3.25. The van der Waals surface area contributed by atoms with Crippen molar-refractivity contribution in [1.82, 2.24) is 10.2 Å². The van der Waals surface area contributed by atoms with Crippen LogP contribution in [0.3, 0.4) is 0 Å². The number of allylic oxidation sites excluding steroid dienone is 1. The lowest BCUT2D eigenvalue weighted by atomic mass is 10.1. The van der Waals surface area contributed by atoms with Crippen LogP contribution in [0.25, 0.3) is 0 Å². The fourth-order valence-corrected chi connectivity index (χ4v) is 1.62. The third-order valence-electron chi connectivity index (χ3n) is 2.31. The molecule has 1 fully saturated rings. The summed E-state index contributed by atoms with van der Waals surface area (Å²) >= 11 is 0. The van der Waals surface area contributed by atoms with E-state index in [1.807, 2.05) is 6.92 Å². The van der Waals surface area contributed by atoms with Crippen molar-refractivity contribution in [2.45, 2.75) is 26.3 Å². The van der Waals surface area contributed by atoms with E-state index in [9.17, 15) is 9.59 Å². The summed E-state index contributed by atoms with van der Waals surface area (Å²) in [7, 11) is 0. The van der Waals surface area contributed by atoms with Gasteiger partial charge >= 0.3 is 0 Å². The van der Waals surface area contributed by atoms with E-state index < -0.39 is 0 Å². The molecule has 1 aliphatic rings. The van der Waals surface area contributed by atoms with Crippen LogP contribution in [-0.4, -0.2) is 35.8 Å². The topological polar surface area (TPSA) is 49.4 Å². The zero-order chi connectivity index (χ0) is 10.6. The summed E-state index contributed by atoms with van der Waals surface area (Å²) in [6.45, 7) is 4.86.